The second kappa shape index (κ2) is 6.63. The third-order valence-corrected chi connectivity index (χ3v) is 5.19. The summed E-state index contributed by atoms with van der Waals surface area (Å²) in [6.45, 7) is 6.99. The zero-order valence-electron chi connectivity index (χ0n) is 13.3. The Labute approximate surface area is 127 Å². The van der Waals surface area contributed by atoms with Crippen molar-refractivity contribution in [1.82, 2.24) is 4.90 Å². The number of carboxylic acid groups (broad SMARTS) is 1. The predicted molar refractivity (Wildman–Crippen MR) is 81.7 cm³/mol. The lowest BCUT2D eigenvalue weighted by molar-refractivity contribution is -0.152. The maximum absolute atomic E-state index is 13.0. The SMILES string of the molecule is CCCCN(C(=O)C1C2C=CC(C2)C1C(=O)O)C(C)CC. The largest absolute Gasteiger partial charge is 0.481 e. The number of allylic oxidation sites excluding steroid dienone is 2. The topological polar surface area (TPSA) is 57.6 Å². The van der Waals surface area contributed by atoms with Crippen molar-refractivity contribution in [2.24, 2.45) is 23.7 Å². The monoisotopic (exact) mass is 293 g/mol. The predicted octanol–water partition coefficient (Wildman–Crippen LogP) is 2.94. The number of fused-ring (bicyclic) bond motifs is 2. The summed E-state index contributed by atoms with van der Waals surface area (Å²) in [6, 6.07) is 0.182. The van der Waals surface area contributed by atoms with Crippen LogP contribution in [0, 0.1) is 23.7 Å². The third kappa shape index (κ3) is 2.99. The van der Waals surface area contributed by atoms with E-state index in [-0.39, 0.29) is 29.7 Å². The summed E-state index contributed by atoms with van der Waals surface area (Å²) >= 11 is 0. The van der Waals surface area contributed by atoms with Crippen molar-refractivity contribution in [2.45, 2.75) is 52.5 Å². The van der Waals surface area contributed by atoms with Gasteiger partial charge in [-0.15, -0.1) is 0 Å². The summed E-state index contributed by atoms with van der Waals surface area (Å²) < 4.78 is 0. The van der Waals surface area contributed by atoms with Gasteiger partial charge in [-0.25, -0.2) is 0 Å². The quantitative estimate of drug-likeness (QED) is 0.734. The van der Waals surface area contributed by atoms with Gasteiger partial charge >= 0.3 is 5.97 Å². The molecule has 2 aliphatic rings. The zero-order valence-corrected chi connectivity index (χ0v) is 13.3. The average Bonchev–Trinajstić information content (AvgIpc) is 3.07. The van der Waals surface area contributed by atoms with E-state index in [1.54, 1.807) is 0 Å². The molecule has 21 heavy (non-hydrogen) atoms. The number of nitrogens with zero attached hydrogens (tertiary/aromatic N) is 1. The molecule has 1 N–H and O–H groups in total. The maximum atomic E-state index is 13.0. The molecule has 0 saturated heterocycles. The van der Waals surface area contributed by atoms with E-state index >= 15 is 0 Å². The first-order chi connectivity index (χ1) is 10.0. The molecule has 0 aromatic rings. The fraction of sp³-hybridized carbons (Fsp3) is 0.765. The minimum atomic E-state index is -0.815. The number of amides is 1. The van der Waals surface area contributed by atoms with Gasteiger partial charge in [-0.1, -0.05) is 32.4 Å². The number of hydrogen-bond acceptors (Lipinski definition) is 2. The Bertz CT molecular complexity index is 432. The van der Waals surface area contributed by atoms with Crippen LogP contribution < -0.4 is 0 Å². The van der Waals surface area contributed by atoms with Crippen LogP contribution in [0.3, 0.4) is 0 Å². The van der Waals surface area contributed by atoms with Crippen LogP contribution in [-0.4, -0.2) is 34.5 Å². The van der Waals surface area contributed by atoms with Crippen LogP contribution in [0.15, 0.2) is 12.2 Å². The number of carbonyl (C=O) groups excluding carboxylic acids is 1. The standard InChI is InChI=1S/C17H27NO3/c1-4-6-9-18(11(3)5-2)16(19)14-12-7-8-13(10-12)15(14)17(20)21/h7-8,11-15H,4-6,9-10H2,1-3H3,(H,20,21). The summed E-state index contributed by atoms with van der Waals surface area (Å²) in [5, 5.41) is 9.50. The molecule has 0 aromatic heterocycles. The van der Waals surface area contributed by atoms with Crippen LogP contribution in [0.2, 0.25) is 0 Å². The summed E-state index contributed by atoms with van der Waals surface area (Å²) in [6.07, 6.45) is 7.80. The molecule has 2 rings (SSSR count). The van der Waals surface area contributed by atoms with E-state index < -0.39 is 11.9 Å². The molecule has 2 bridgehead atoms. The van der Waals surface area contributed by atoms with Gasteiger partial charge in [-0.2, -0.15) is 0 Å². The zero-order chi connectivity index (χ0) is 15.6. The van der Waals surface area contributed by atoms with Crippen molar-refractivity contribution in [2.75, 3.05) is 6.54 Å². The molecule has 2 aliphatic carbocycles. The van der Waals surface area contributed by atoms with Gasteiger partial charge in [-0.3, -0.25) is 9.59 Å². The summed E-state index contributed by atoms with van der Waals surface area (Å²) in [5.41, 5.74) is 0. The Kier molecular flexibility index (Phi) is 5.07. The Balaban J connectivity index is 2.19. The van der Waals surface area contributed by atoms with E-state index in [1.165, 1.54) is 0 Å². The number of carboxylic acids is 1. The Morgan fingerprint density at radius 1 is 1.24 bits per heavy atom. The van der Waals surface area contributed by atoms with Crippen LogP contribution in [-0.2, 0) is 9.59 Å². The van der Waals surface area contributed by atoms with Crippen LogP contribution >= 0.6 is 0 Å². The molecule has 0 aliphatic heterocycles. The Morgan fingerprint density at radius 3 is 2.38 bits per heavy atom. The van der Waals surface area contributed by atoms with Gasteiger partial charge in [0.2, 0.25) is 5.91 Å². The van der Waals surface area contributed by atoms with E-state index in [0.29, 0.717) is 0 Å². The summed E-state index contributed by atoms with van der Waals surface area (Å²) in [5.74, 6) is -1.47. The van der Waals surface area contributed by atoms with Gasteiger partial charge in [0.15, 0.2) is 0 Å². The van der Waals surface area contributed by atoms with E-state index in [4.69, 9.17) is 0 Å². The van der Waals surface area contributed by atoms with Crippen LogP contribution in [0.4, 0.5) is 0 Å². The van der Waals surface area contributed by atoms with Gasteiger partial charge in [0.25, 0.3) is 0 Å². The molecule has 0 aromatic carbocycles. The van der Waals surface area contributed by atoms with E-state index in [9.17, 15) is 14.7 Å². The van der Waals surface area contributed by atoms with Gasteiger partial charge in [-0.05, 0) is 38.0 Å². The summed E-state index contributed by atoms with van der Waals surface area (Å²) in [7, 11) is 0. The summed E-state index contributed by atoms with van der Waals surface area (Å²) in [4.78, 5) is 26.5. The second-order valence-corrected chi connectivity index (χ2v) is 6.48. The molecule has 1 saturated carbocycles. The highest BCUT2D eigenvalue weighted by Crippen LogP contribution is 2.49. The molecule has 1 amide bonds. The van der Waals surface area contributed by atoms with Crippen molar-refractivity contribution in [3.05, 3.63) is 12.2 Å². The van der Waals surface area contributed by atoms with Gasteiger partial charge < -0.3 is 10.0 Å². The first-order valence-corrected chi connectivity index (χ1v) is 8.22. The molecule has 1 fully saturated rings. The molecule has 5 unspecified atom stereocenters. The first kappa shape index (κ1) is 16.1. The molecule has 118 valence electrons. The van der Waals surface area contributed by atoms with Crippen molar-refractivity contribution in [3.63, 3.8) is 0 Å². The van der Waals surface area contributed by atoms with Crippen LogP contribution in [0.25, 0.3) is 0 Å². The Morgan fingerprint density at radius 2 is 1.86 bits per heavy atom. The van der Waals surface area contributed by atoms with Crippen molar-refractivity contribution < 1.29 is 14.7 Å². The van der Waals surface area contributed by atoms with Gasteiger partial charge in [0.1, 0.15) is 0 Å². The number of hydrogen-bond donors (Lipinski definition) is 1. The molecule has 0 heterocycles. The molecule has 0 spiro atoms. The number of carbonyl (C=O) groups is 2. The number of rotatable bonds is 7. The van der Waals surface area contributed by atoms with Crippen molar-refractivity contribution in [1.29, 1.82) is 0 Å². The maximum Gasteiger partial charge on any atom is 0.307 e. The van der Waals surface area contributed by atoms with Crippen molar-refractivity contribution in [3.8, 4) is 0 Å². The number of aliphatic carboxylic acids is 1. The molecular formula is C17H27NO3. The molecule has 0 radical (unpaired) electrons. The van der Waals surface area contributed by atoms with E-state index in [2.05, 4.69) is 26.8 Å². The lowest BCUT2D eigenvalue weighted by atomic mass is 9.81. The highest BCUT2D eigenvalue weighted by molar-refractivity contribution is 5.87. The van der Waals surface area contributed by atoms with E-state index in [0.717, 1.165) is 32.2 Å². The van der Waals surface area contributed by atoms with Gasteiger partial charge in [0.05, 0.1) is 11.8 Å². The van der Waals surface area contributed by atoms with E-state index in [1.807, 2.05) is 11.0 Å². The lowest BCUT2D eigenvalue weighted by Gasteiger charge is -2.34. The molecule has 4 heteroatoms. The fourth-order valence-electron chi connectivity index (χ4n) is 3.78. The normalized spacial score (nSPS) is 31.4. The highest BCUT2D eigenvalue weighted by atomic mass is 16.4. The molecule has 4 nitrogen and oxygen atoms in total. The number of unbranched alkanes of at least 4 members (excludes halogenated alkanes) is 1. The van der Waals surface area contributed by atoms with Crippen LogP contribution in [0.5, 0.6) is 0 Å². The Hall–Kier alpha value is -1.32. The highest BCUT2D eigenvalue weighted by Gasteiger charge is 2.52. The lowest BCUT2D eigenvalue weighted by Crippen LogP contribution is -2.47. The minimum Gasteiger partial charge on any atom is -0.481 e. The fourth-order valence-corrected chi connectivity index (χ4v) is 3.78. The molecular weight excluding hydrogens is 266 g/mol. The van der Waals surface area contributed by atoms with Gasteiger partial charge in [0, 0.05) is 12.6 Å². The smallest absolute Gasteiger partial charge is 0.307 e. The average molecular weight is 293 g/mol. The minimum absolute atomic E-state index is 0.0476. The van der Waals surface area contributed by atoms with Crippen LogP contribution in [0.1, 0.15) is 46.5 Å². The first-order valence-electron chi connectivity index (χ1n) is 8.22. The second-order valence-electron chi connectivity index (χ2n) is 6.48. The van der Waals surface area contributed by atoms with Crippen molar-refractivity contribution >= 4 is 11.9 Å². The third-order valence-electron chi connectivity index (χ3n) is 5.19. The molecule has 5 atom stereocenters.